The number of carboxylic acids is 1. The van der Waals surface area contributed by atoms with Gasteiger partial charge in [0.2, 0.25) is 0 Å². The van der Waals surface area contributed by atoms with Crippen molar-refractivity contribution in [3.8, 4) is 5.75 Å². The Labute approximate surface area is 247 Å². The van der Waals surface area contributed by atoms with E-state index in [2.05, 4.69) is 37.8 Å². The third kappa shape index (κ3) is 6.67. The molecule has 0 amide bonds. The molecule has 0 atom stereocenters. The molecule has 0 unspecified atom stereocenters. The van der Waals surface area contributed by atoms with E-state index in [0.717, 1.165) is 67.0 Å². The summed E-state index contributed by atoms with van der Waals surface area (Å²) in [5, 5.41) is 17.8. The molecule has 3 aliphatic rings. The number of rotatable bonds is 10. The Bertz CT molecular complexity index is 1280. The van der Waals surface area contributed by atoms with Crippen LogP contribution in [0.5, 0.6) is 5.75 Å². The zero-order chi connectivity index (χ0) is 27.7. The lowest BCUT2D eigenvalue weighted by Crippen LogP contribution is -2.32. The highest BCUT2D eigenvalue weighted by molar-refractivity contribution is 8.93. The van der Waals surface area contributed by atoms with Gasteiger partial charge in [-0.05, 0) is 62.1 Å². The molecule has 1 saturated carbocycles. The summed E-state index contributed by atoms with van der Waals surface area (Å²) in [5.41, 5.74) is 4.97. The standard InChI is InChI=1S/C31H40N4O4.BrH/c1-31(2,3)23-16-22(17-25(34-13-5-4-6-14-34)29(23)39-15-7-8-27(37)38)26(36)19-35-18-21-11-12-24(20-9-10-20)33-28(21)30(35)32;/h11-12,16-17,20,32H,4-10,13-15,18-19H2,1-3H3,(H,37,38);1H. The summed E-state index contributed by atoms with van der Waals surface area (Å²) in [6, 6.07) is 8.03. The fourth-order valence-electron chi connectivity index (χ4n) is 5.53. The second-order valence-electron chi connectivity index (χ2n) is 12.2. The van der Waals surface area contributed by atoms with E-state index < -0.39 is 5.97 Å². The molecule has 1 aromatic carbocycles. The number of hydrogen-bond acceptors (Lipinski definition) is 6. The SMILES string of the molecule is Br.CC(C)(C)c1cc(C(=O)CN2Cc3ccc(C4CC4)nc3C2=N)cc(N2CCCCC2)c1OCCCC(=O)O. The van der Waals surface area contributed by atoms with Gasteiger partial charge in [0.25, 0.3) is 0 Å². The van der Waals surface area contributed by atoms with E-state index in [1.807, 2.05) is 17.0 Å². The summed E-state index contributed by atoms with van der Waals surface area (Å²) in [6.07, 6.45) is 6.16. The molecule has 40 heavy (non-hydrogen) atoms. The number of nitrogens with zero attached hydrogens (tertiary/aromatic N) is 3. The van der Waals surface area contributed by atoms with Crippen molar-refractivity contribution in [3.05, 3.63) is 52.3 Å². The van der Waals surface area contributed by atoms with Crippen LogP contribution in [0.3, 0.4) is 0 Å². The number of piperidine rings is 1. The maximum Gasteiger partial charge on any atom is 0.303 e. The lowest BCUT2D eigenvalue weighted by molar-refractivity contribution is -0.137. The molecule has 8 nitrogen and oxygen atoms in total. The van der Waals surface area contributed by atoms with Crippen molar-refractivity contribution in [2.24, 2.45) is 0 Å². The first-order chi connectivity index (χ1) is 18.6. The quantitative estimate of drug-likeness (QED) is 0.247. The highest BCUT2D eigenvalue weighted by atomic mass is 79.9. The highest BCUT2D eigenvalue weighted by Crippen LogP contribution is 2.42. The minimum Gasteiger partial charge on any atom is -0.491 e. The first-order valence-electron chi connectivity index (χ1n) is 14.3. The molecule has 3 heterocycles. The van der Waals surface area contributed by atoms with Crippen molar-refractivity contribution in [2.75, 3.05) is 31.1 Å². The normalized spacial score (nSPS) is 16.9. The van der Waals surface area contributed by atoms with Gasteiger partial charge >= 0.3 is 5.97 Å². The summed E-state index contributed by atoms with van der Waals surface area (Å²) in [7, 11) is 0. The molecule has 1 aliphatic carbocycles. The molecule has 1 aromatic heterocycles. The maximum absolute atomic E-state index is 13.8. The largest absolute Gasteiger partial charge is 0.491 e. The molecule has 0 radical (unpaired) electrons. The van der Waals surface area contributed by atoms with E-state index in [1.165, 1.54) is 6.42 Å². The van der Waals surface area contributed by atoms with Crippen LogP contribution in [0.1, 0.15) is 105 Å². The predicted octanol–water partition coefficient (Wildman–Crippen LogP) is 6.09. The van der Waals surface area contributed by atoms with Gasteiger partial charge < -0.3 is 19.6 Å². The average Bonchev–Trinajstić information content (AvgIpc) is 3.71. The number of ketones is 1. The van der Waals surface area contributed by atoms with Crippen LogP contribution < -0.4 is 9.64 Å². The van der Waals surface area contributed by atoms with E-state index in [9.17, 15) is 9.59 Å². The van der Waals surface area contributed by atoms with E-state index in [0.29, 0.717) is 42.6 Å². The van der Waals surface area contributed by atoms with Gasteiger partial charge in [-0.15, -0.1) is 17.0 Å². The van der Waals surface area contributed by atoms with Gasteiger partial charge in [-0.25, -0.2) is 4.98 Å². The van der Waals surface area contributed by atoms with E-state index in [4.69, 9.17) is 20.2 Å². The number of halogens is 1. The van der Waals surface area contributed by atoms with Crippen molar-refractivity contribution in [1.29, 1.82) is 5.41 Å². The number of fused-ring (bicyclic) bond motifs is 1. The molecule has 2 aromatic rings. The number of amidine groups is 1. The molecule has 5 rings (SSSR count). The molecule has 2 fully saturated rings. The maximum atomic E-state index is 13.8. The number of hydrogen-bond donors (Lipinski definition) is 2. The number of aromatic nitrogens is 1. The van der Waals surface area contributed by atoms with Crippen LogP contribution in [-0.2, 0) is 16.8 Å². The van der Waals surface area contributed by atoms with Crippen LogP contribution >= 0.6 is 17.0 Å². The van der Waals surface area contributed by atoms with Crippen LogP contribution in [0.15, 0.2) is 24.3 Å². The fourth-order valence-corrected chi connectivity index (χ4v) is 5.53. The summed E-state index contributed by atoms with van der Waals surface area (Å²) in [5.74, 6) is 0.736. The second-order valence-corrected chi connectivity index (χ2v) is 12.2. The van der Waals surface area contributed by atoms with Crippen LogP contribution in [-0.4, -0.2) is 58.8 Å². The van der Waals surface area contributed by atoms with Gasteiger partial charge in [0, 0.05) is 54.4 Å². The highest BCUT2D eigenvalue weighted by Gasteiger charge is 2.32. The molecule has 2 aliphatic heterocycles. The number of anilines is 1. The lowest BCUT2D eigenvalue weighted by Gasteiger charge is -2.34. The van der Waals surface area contributed by atoms with E-state index >= 15 is 0 Å². The van der Waals surface area contributed by atoms with Crippen molar-refractivity contribution in [2.45, 2.75) is 83.6 Å². The van der Waals surface area contributed by atoms with Crippen molar-refractivity contribution in [1.82, 2.24) is 9.88 Å². The Morgan fingerprint density at radius 1 is 1.12 bits per heavy atom. The first-order valence-corrected chi connectivity index (χ1v) is 14.3. The molecule has 216 valence electrons. The summed E-state index contributed by atoms with van der Waals surface area (Å²) in [6.45, 7) is 9.07. The Balaban J connectivity index is 0.00000370. The summed E-state index contributed by atoms with van der Waals surface area (Å²) >= 11 is 0. The fraction of sp³-hybridized carbons (Fsp3) is 0.548. The lowest BCUT2D eigenvalue weighted by atomic mass is 9.84. The van der Waals surface area contributed by atoms with Gasteiger partial charge in [0.15, 0.2) is 5.78 Å². The molecular formula is C31H41BrN4O4. The third-order valence-corrected chi connectivity index (χ3v) is 7.91. The summed E-state index contributed by atoms with van der Waals surface area (Å²) in [4.78, 5) is 33.7. The first kappa shape index (κ1) is 30.0. The van der Waals surface area contributed by atoms with E-state index in [-0.39, 0.29) is 41.1 Å². The van der Waals surface area contributed by atoms with Gasteiger partial charge in [-0.3, -0.25) is 15.0 Å². The van der Waals surface area contributed by atoms with Crippen LogP contribution in [0, 0.1) is 5.41 Å². The number of carboxylic acid groups (broad SMARTS) is 1. The van der Waals surface area contributed by atoms with Gasteiger partial charge in [-0.2, -0.15) is 0 Å². The van der Waals surface area contributed by atoms with Gasteiger partial charge in [0.1, 0.15) is 17.3 Å². The number of Topliss-reactive ketones (excluding diaryl/α,β-unsaturated/α-hetero) is 1. The molecule has 0 bridgehead atoms. The molecule has 0 spiro atoms. The van der Waals surface area contributed by atoms with E-state index in [1.54, 1.807) is 0 Å². The molecule has 9 heteroatoms. The molecular weight excluding hydrogens is 572 g/mol. The predicted molar refractivity (Wildman–Crippen MR) is 162 cm³/mol. The summed E-state index contributed by atoms with van der Waals surface area (Å²) < 4.78 is 6.29. The second kappa shape index (κ2) is 12.3. The van der Waals surface area contributed by atoms with Gasteiger partial charge in [-0.1, -0.05) is 26.8 Å². The Kier molecular flexibility index (Phi) is 9.22. The number of ether oxygens (including phenoxy) is 1. The van der Waals surface area contributed by atoms with Crippen molar-refractivity contribution >= 4 is 40.3 Å². The average molecular weight is 614 g/mol. The van der Waals surface area contributed by atoms with Gasteiger partial charge in [0.05, 0.1) is 18.8 Å². The van der Waals surface area contributed by atoms with Crippen molar-refractivity contribution < 1.29 is 19.4 Å². The van der Waals surface area contributed by atoms with Crippen molar-refractivity contribution in [3.63, 3.8) is 0 Å². The zero-order valence-corrected chi connectivity index (χ0v) is 25.5. The Morgan fingerprint density at radius 3 is 2.50 bits per heavy atom. The number of carbonyl (C=O) groups excluding carboxylic acids is 1. The molecule has 2 N–H and O–H groups in total. The molecule has 1 saturated heterocycles. The van der Waals surface area contributed by atoms with Crippen LogP contribution in [0.2, 0.25) is 0 Å². The third-order valence-electron chi connectivity index (χ3n) is 7.91. The Morgan fingerprint density at radius 2 is 1.85 bits per heavy atom. The number of carbonyl (C=O) groups is 2. The monoisotopic (exact) mass is 612 g/mol. The minimum atomic E-state index is -0.833. The Hall–Kier alpha value is -2.94. The van der Waals surface area contributed by atoms with Crippen LogP contribution in [0.4, 0.5) is 5.69 Å². The number of aliphatic carboxylic acids is 1. The minimum absolute atomic E-state index is 0. The number of benzene rings is 1. The smallest absolute Gasteiger partial charge is 0.303 e. The zero-order valence-electron chi connectivity index (χ0n) is 23.8. The van der Waals surface area contributed by atoms with Crippen LogP contribution in [0.25, 0.3) is 0 Å². The number of pyridine rings is 1. The number of nitrogens with one attached hydrogen (secondary N) is 1. The topological polar surface area (TPSA) is 107 Å².